The minimum Gasteiger partial charge on any atom is -0.505 e. The predicted octanol–water partition coefficient (Wildman–Crippen LogP) is 4.37. The Kier molecular flexibility index (Phi) is 3.85. The molecule has 0 heterocycles. The highest BCUT2D eigenvalue weighted by Crippen LogP contribution is 2.33. The normalized spacial score (nSPS) is 11.5. The van der Waals surface area contributed by atoms with Gasteiger partial charge in [0, 0.05) is 0 Å². The highest BCUT2D eigenvalue weighted by atomic mass is 35.5. The van der Waals surface area contributed by atoms with Crippen molar-refractivity contribution in [3.8, 4) is 5.75 Å². The van der Waals surface area contributed by atoms with Gasteiger partial charge >= 0.3 is 0 Å². The zero-order valence-corrected chi connectivity index (χ0v) is 9.60. The van der Waals surface area contributed by atoms with E-state index >= 15 is 0 Å². The van der Waals surface area contributed by atoms with Crippen LogP contribution in [-0.4, -0.2) is 5.11 Å². The van der Waals surface area contributed by atoms with Crippen LogP contribution in [0.2, 0.25) is 10.0 Å². The van der Waals surface area contributed by atoms with Crippen LogP contribution in [0, 0.1) is 5.92 Å². The topological polar surface area (TPSA) is 20.2 Å². The second-order valence-electron chi connectivity index (χ2n) is 3.44. The summed E-state index contributed by atoms with van der Waals surface area (Å²) < 4.78 is 0. The molecule has 0 aliphatic carbocycles. The Bertz CT molecular complexity index is 333. The van der Waals surface area contributed by atoms with E-state index in [-0.39, 0.29) is 15.8 Å². The molecule has 0 aliphatic rings. The fourth-order valence-corrected chi connectivity index (χ4v) is 1.49. The maximum Gasteiger partial charge on any atom is 0.152 e. The van der Waals surface area contributed by atoms with Crippen LogP contribution in [0.15, 0.2) is 18.2 Å². The Hall–Kier alpha value is -0.660. The fourth-order valence-electron chi connectivity index (χ4n) is 0.985. The molecule has 0 aromatic heterocycles. The van der Waals surface area contributed by atoms with Gasteiger partial charge in [0.25, 0.3) is 0 Å². The number of halogens is 2. The zero-order chi connectivity index (χ0) is 10.7. The van der Waals surface area contributed by atoms with Gasteiger partial charge in [-0.05, 0) is 23.6 Å². The maximum absolute atomic E-state index is 9.32. The lowest BCUT2D eigenvalue weighted by Gasteiger charge is -2.02. The average Bonchev–Trinajstić information content (AvgIpc) is 2.10. The first-order valence-electron chi connectivity index (χ1n) is 4.37. The Morgan fingerprint density at radius 2 is 1.71 bits per heavy atom. The molecule has 1 nitrogen and oxygen atoms in total. The van der Waals surface area contributed by atoms with Crippen LogP contribution in [0.4, 0.5) is 0 Å². The quantitative estimate of drug-likeness (QED) is 0.801. The van der Waals surface area contributed by atoms with Gasteiger partial charge < -0.3 is 5.11 Å². The molecule has 0 saturated carbocycles. The molecule has 0 spiro atoms. The van der Waals surface area contributed by atoms with Crippen molar-refractivity contribution in [3.05, 3.63) is 33.8 Å². The van der Waals surface area contributed by atoms with Gasteiger partial charge in [0.1, 0.15) is 0 Å². The van der Waals surface area contributed by atoms with E-state index in [4.69, 9.17) is 23.2 Å². The molecule has 0 bridgehead atoms. The third kappa shape index (κ3) is 2.93. The average molecular weight is 231 g/mol. The molecule has 14 heavy (non-hydrogen) atoms. The Balaban J connectivity index is 3.01. The molecule has 3 heteroatoms. The van der Waals surface area contributed by atoms with Crippen molar-refractivity contribution in [1.29, 1.82) is 0 Å². The number of phenolic OH excluding ortho intramolecular Hbond substituents is 1. The molecule has 0 fully saturated rings. The molecule has 76 valence electrons. The molecular weight excluding hydrogens is 219 g/mol. The number of hydrogen-bond donors (Lipinski definition) is 1. The van der Waals surface area contributed by atoms with Crippen LogP contribution < -0.4 is 0 Å². The van der Waals surface area contributed by atoms with Gasteiger partial charge in [0.2, 0.25) is 0 Å². The number of hydrogen-bond acceptors (Lipinski definition) is 1. The summed E-state index contributed by atoms with van der Waals surface area (Å²) in [4.78, 5) is 0. The molecule has 0 amide bonds. The SMILES string of the molecule is CC(C)/C=C/c1cc(Cl)c(O)c(Cl)c1. The van der Waals surface area contributed by atoms with Crippen molar-refractivity contribution in [1.82, 2.24) is 0 Å². The van der Waals surface area contributed by atoms with Crippen molar-refractivity contribution in [2.24, 2.45) is 5.92 Å². The molecule has 0 saturated heterocycles. The van der Waals surface area contributed by atoms with E-state index in [0.717, 1.165) is 5.56 Å². The van der Waals surface area contributed by atoms with Crippen LogP contribution >= 0.6 is 23.2 Å². The Labute approximate surface area is 94.0 Å². The van der Waals surface area contributed by atoms with Crippen LogP contribution in [0.5, 0.6) is 5.75 Å². The van der Waals surface area contributed by atoms with E-state index < -0.39 is 0 Å². The molecular formula is C11H12Cl2O. The minimum absolute atomic E-state index is 0.0602. The van der Waals surface area contributed by atoms with Gasteiger partial charge in [-0.15, -0.1) is 0 Å². The van der Waals surface area contributed by atoms with Crippen molar-refractivity contribution in [2.75, 3.05) is 0 Å². The number of allylic oxidation sites excluding steroid dienone is 1. The number of benzene rings is 1. The summed E-state index contributed by atoms with van der Waals surface area (Å²) in [6.45, 7) is 4.17. The molecule has 1 rings (SSSR count). The first-order chi connectivity index (χ1) is 6.50. The molecule has 0 atom stereocenters. The molecule has 0 radical (unpaired) electrons. The summed E-state index contributed by atoms with van der Waals surface area (Å²) in [5.41, 5.74) is 0.895. The van der Waals surface area contributed by atoms with Crippen molar-refractivity contribution in [3.63, 3.8) is 0 Å². The van der Waals surface area contributed by atoms with Gasteiger partial charge in [-0.3, -0.25) is 0 Å². The van der Waals surface area contributed by atoms with Crippen molar-refractivity contribution < 1.29 is 5.11 Å². The van der Waals surface area contributed by atoms with Crippen molar-refractivity contribution >= 4 is 29.3 Å². The van der Waals surface area contributed by atoms with E-state index in [1.165, 1.54) is 0 Å². The van der Waals surface area contributed by atoms with Gasteiger partial charge in [-0.2, -0.15) is 0 Å². The monoisotopic (exact) mass is 230 g/mol. The van der Waals surface area contributed by atoms with Crippen LogP contribution in [-0.2, 0) is 0 Å². The van der Waals surface area contributed by atoms with Crippen LogP contribution in [0.3, 0.4) is 0 Å². The summed E-state index contributed by atoms with van der Waals surface area (Å²) >= 11 is 11.5. The van der Waals surface area contributed by atoms with E-state index in [1.54, 1.807) is 12.1 Å². The van der Waals surface area contributed by atoms with Gasteiger partial charge in [-0.25, -0.2) is 0 Å². The van der Waals surface area contributed by atoms with Gasteiger partial charge in [0.15, 0.2) is 5.75 Å². The zero-order valence-electron chi connectivity index (χ0n) is 8.09. The first-order valence-corrected chi connectivity index (χ1v) is 5.12. The fraction of sp³-hybridized carbons (Fsp3) is 0.273. The number of rotatable bonds is 2. The smallest absolute Gasteiger partial charge is 0.152 e. The Morgan fingerprint density at radius 3 is 2.14 bits per heavy atom. The minimum atomic E-state index is -0.0602. The molecule has 0 aliphatic heterocycles. The molecule has 1 aromatic carbocycles. The standard InChI is InChI=1S/C11H12Cl2O/c1-7(2)3-4-8-5-9(12)11(14)10(13)6-8/h3-7,14H,1-2H3/b4-3+. The lowest BCUT2D eigenvalue weighted by molar-refractivity contribution is 0.476. The van der Waals surface area contributed by atoms with E-state index in [2.05, 4.69) is 13.8 Å². The summed E-state index contributed by atoms with van der Waals surface area (Å²) in [6, 6.07) is 3.36. The first kappa shape index (κ1) is 11.4. The van der Waals surface area contributed by atoms with Gasteiger partial charge in [-0.1, -0.05) is 49.2 Å². The summed E-state index contributed by atoms with van der Waals surface area (Å²) in [5, 5.41) is 9.88. The van der Waals surface area contributed by atoms with E-state index in [1.807, 2.05) is 12.2 Å². The van der Waals surface area contributed by atoms with E-state index in [0.29, 0.717) is 5.92 Å². The summed E-state index contributed by atoms with van der Waals surface area (Å²) in [7, 11) is 0. The predicted molar refractivity (Wildman–Crippen MR) is 62.0 cm³/mol. The van der Waals surface area contributed by atoms with Crippen LogP contribution in [0.25, 0.3) is 6.08 Å². The number of phenols is 1. The molecule has 1 aromatic rings. The summed E-state index contributed by atoms with van der Waals surface area (Å²) in [5.74, 6) is 0.413. The second kappa shape index (κ2) is 4.72. The van der Waals surface area contributed by atoms with Crippen LogP contribution in [0.1, 0.15) is 19.4 Å². The summed E-state index contributed by atoms with van der Waals surface area (Å²) in [6.07, 6.45) is 3.97. The Morgan fingerprint density at radius 1 is 1.21 bits per heavy atom. The molecule has 0 unspecified atom stereocenters. The second-order valence-corrected chi connectivity index (χ2v) is 4.25. The number of aromatic hydroxyl groups is 1. The van der Waals surface area contributed by atoms with Crippen molar-refractivity contribution in [2.45, 2.75) is 13.8 Å². The van der Waals surface area contributed by atoms with Gasteiger partial charge in [0.05, 0.1) is 10.0 Å². The van der Waals surface area contributed by atoms with E-state index in [9.17, 15) is 5.11 Å². The third-order valence-corrected chi connectivity index (χ3v) is 2.29. The lowest BCUT2D eigenvalue weighted by atomic mass is 10.1. The largest absolute Gasteiger partial charge is 0.505 e. The highest BCUT2D eigenvalue weighted by Gasteiger charge is 2.04. The lowest BCUT2D eigenvalue weighted by Crippen LogP contribution is -1.79. The highest BCUT2D eigenvalue weighted by molar-refractivity contribution is 6.37. The maximum atomic E-state index is 9.32. The third-order valence-electron chi connectivity index (χ3n) is 1.71. The molecule has 1 N–H and O–H groups in total.